The fourth-order valence-electron chi connectivity index (χ4n) is 1.34. The minimum atomic E-state index is -0.122. The van der Waals surface area contributed by atoms with Crippen molar-refractivity contribution in [2.24, 2.45) is 0 Å². The van der Waals surface area contributed by atoms with E-state index in [9.17, 15) is 4.79 Å². The molecule has 0 radical (unpaired) electrons. The summed E-state index contributed by atoms with van der Waals surface area (Å²) in [6, 6.07) is 8.84. The average Bonchev–Trinajstić information content (AvgIpc) is 2.29. The maximum Gasteiger partial charge on any atom is 0.199 e. The SMILES string of the molecule is N#C/C=C/c1coc2ccccc2c1=O. The topological polar surface area (TPSA) is 54.0 Å². The van der Waals surface area contributed by atoms with E-state index in [1.807, 2.05) is 6.07 Å². The second kappa shape index (κ2) is 3.81. The van der Waals surface area contributed by atoms with Crippen molar-refractivity contribution in [3.05, 3.63) is 52.4 Å². The van der Waals surface area contributed by atoms with Crippen LogP contribution >= 0.6 is 0 Å². The first-order valence-electron chi connectivity index (χ1n) is 4.39. The van der Waals surface area contributed by atoms with Gasteiger partial charge < -0.3 is 4.42 Å². The molecule has 0 fully saturated rings. The quantitative estimate of drug-likeness (QED) is 0.659. The zero-order valence-electron chi connectivity index (χ0n) is 7.81. The molecule has 72 valence electrons. The molecule has 0 aliphatic heterocycles. The van der Waals surface area contributed by atoms with Gasteiger partial charge in [0.2, 0.25) is 0 Å². The van der Waals surface area contributed by atoms with E-state index in [1.165, 1.54) is 18.4 Å². The molecule has 0 atom stereocenters. The third-order valence-electron chi connectivity index (χ3n) is 2.04. The number of hydrogen-bond acceptors (Lipinski definition) is 3. The Labute approximate surface area is 85.9 Å². The molecular weight excluding hydrogens is 190 g/mol. The highest BCUT2D eigenvalue weighted by Gasteiger charge is 2.02. The summed E-state index contributed by atoms with van der Waals surface area (Å²) in [5.74, 6) is 0. The van der Waals surface area contributed by atoms with Crippen LogP contribution in [0.1, 0.15) is 5.56 Å². The molecule has 0 saturated carbocycles. The fourth-order valence-corrected chi connectivity index (χ4v) is 1.34. The molecule has 0 N–H and O–H groups in total. The van der Waals surface area contributed by atoms with E-state index < -0.39 is 0 Å². The number of benzene rings is 1. The van der Waals surface area contributed by atoms with Gasteiger partial charge in [0, 0.05) is 6.08 Å². The molecule has 1 heterocycles. The summed E-state index contributed by atoms with van der Waals surface area (Å²) >= 11 is 0. The van der Waals surface area contributed by atoms with E-state index in [-0.39, 0.29) is 5.43 Å². The van der Waals surface area contributed by atoms with E-state index in [0.29, 0.717) is 16.5 Å². The molecule has 0 amide bonds. The Hall–Kier alpha value is -2.34. The second-order valence-electron chi connectivity index (χ2n) is 2.98. The number of hydrogen-bond donors (Lipinski definition) is 0. The van der Waals surface area contributed by atoms with Gasteiger partial charge in [-0.15, -0.1) is 0 Å². The summed E-state index contributed by atoms with van der Waals surface area (Å²) in [6.45, 7) is 0. The van der Waals surface area contributed by atoms with Crippen molar-refractivity contribution < 1.29 is 4.42 Å². The highest BCUT2D eigenvalue weighted by Crippen LogP contribution is 2.10. The third kappa shape index (κ3) is 1.65. The number of nitrogens with zero attached hydrogens (tertiary/aromatic N) is 1. The van der Waals surface area contributed by atoms with Crippen LogP contribution < -0.4 is 5.43 Å². The molecule has 2 rings (SSSR count). The number of rotatable bonds is 1. The molecule has 0 aliphatic carbocycles. The lowest BCUT2D eigenvalue weighted by Gasteiger charge is -1.96. The van der Waals surface area contributed by atoms with Gasteiger partial charge >= 0.3 is 0 Å². The van der Waals surface area contributed by atoms with Crippen molar-refractivity contribution in [2.45, 2.75) is 0 Å². The minimum absolute atomic E-state index is 0.122. The smallest absolute Gasteiger partial charge is 0.199 e. The molecule has 15 heavy (non-hydrogen) atoms. The van der Waals surface area contributed by atoms with E-state index in [0.717, 1.165) is 0 Å². The van der Waals surface area contributed by atoms with Gasteiger partial charge in [-0.05, 0) is 18.2 Å². The molecule has 1 aromatic heterocycles. The number of allylic oxidation sites excluding steroid dienone is 1. The highest BCUT2D eigenvalue weighted by molar-refractivity contribution is 5.78. The lowest BCUT2D eigenvalue weighted by atomic mass is 10.1. The Bertz CT molecular complexity index is 617. The van der Waals surface area contributed by atoms with Crippen LogP contribution in [0.15, 0.2) is 45.8 Å². The summed E-state index contributed by atoms with van der Waals surface area (Å²) in [7, 11) is 0. The Balaban J connectivity index is 2.72. The molecule has 2 aromatic rings. The Morgan fingerprint density at radius 2 is 2.13 bits per heavy atom. The molecular formula is C12H7NO2. The van der Waals surface area contributed by atoms with Gasteiger partial charge in [-0.2, -0.15) is 5.26 Å². The van der Waals surface area contributed by atoms with Crippen molar-refractivity contribution in [2.75, 3.05) is 0 Å². The van der Waals surface area contributed by atoms with Gasteiger partial charge in [0.15, 0.2) is 5.43 Å². The van der Waals surface area contributed by atoms with Crippen molar-refractivity contribution in [1.82, 2.24) is 0 Å². The van der Waals surface area contributed by atoms with E-state index in [1.54, 1.807) is 24.3 Å². The molecule has 0 aliphatic rings. The van der Waals surface area contributed by atoms with Crippen LogP contribution in [0.25, 0.3) is 17.0 Å². The van der Waals surface area contributed by atoms with Crippen LogP contribution in [-0.4, -0.2) is 0 Å². The first-order valence-corrected chi connectivity index (χ1v) is 4.39. The summed E-state index contributed by atoms with van der Waals surface area (Å²) in [5, 5.41) is 8.89. The number of para-hydroxylation sites is 1. The van der Waals surface area contributed by atoms with Crippen molar-refractivity contribution >= 4 is 17.0 Å². The minimum Gasteiger partial charge on any atom is -0.463 e. The zero-order chi connectivity index (χ0) is 10.7. The van der Waals surface area contributed by atoms with E-state index >= 15 is 0 Å². The Kier molecular flexibility index (Phi) is 2.34. The Morgan fingerprint density at radius 1 is 1.33 bits per heavy atom. The lowest BCUT2D eigenvalue weighted by Crippen LogP contribution is -2.04. The maximum atomic E-state index is 11.8. The molecule has 3 heteroatoms. The van der Waals surface area contributed by atoms with Crippen molar-refractivity contribution in [3.63, 3.8) is 0 Å². The maximum absolute atomic E-state index is 11.8. The highest BCUT2D eigenvalue weighted by atomic mass is 16.3. The van der Waals surface area contributed by atoms with E-state index in [4.69, 9.17) is 9.68 Å². The fraction of sp³-hybridized carbons (Fsp3) is 0. The molecule has 3 nitrogen and oxygen atoms in total. The number of nitriles is 1. The summed E-state index contributed by atoms with van der Waals surface area (Å²) in [4.78, 5) is 11.8. The Morgan fingerprint density at radius 3 is 2.93 bits per heavy atom. The van der Waals surface area contributed by atoms with Gasteiger partial charge in [-0.25, -0.2) is 0 Å². The van der Waals surface area contributed by atoms with Crippen LogP contribution in [0.5, 0.6) is 0 Å². The predicted molar refractivity (Wildman–Crippen MR) is 57.1 cm³/mol. The third-order valence-corrected chi connectivity index (χ3v) is 2.04. The van der Waals surface area contributed by atoms with Gasteiger partial charge in [-0.3, -0.25) is 4.79 Å². The molecule has 0 spiro atoms. The predicted octanol–water partition coefficient (Wildman–Crippen LogP) is 2.33. The molecule has 0 bridgehead atoms. The van der Waals surface area contributed by atoms with Gasteiger partial charge in [-0.1, -0.05) is 12.1 Å². The van der Waals surface area contributed by atoms with E-state index in [2.05, 4.69) is 0 Å². The number of fused-ring (bicyclic) bond motifs is 1. The lowest BCUT2D eigenvalue weighted by molar-refractivity contribution is 0.601. The molecule has 1 aromatic carbocycles. The summed E-state index contributed by atoms with van der Waals surface area (Å²) < 4.78 is 5.26. The second-order valence-corrected chi connectivity index (χ2v) is 2.98. The first-order chi connectivity index (χ1) is 7.33. The standard InChI is InChI=1S/C12H7NO2/c13-7-3-4-9-8-15-11-6-2-1-5-10(11)12(9)14/h1-6,8H/b4-3+. The zero-order valence-corrected chi connectivity index (χ0v) is 7.81. The first kappa shape index (κ1) is 9.22. The largest absolute Gasteiger partial charge is 0.463 e. The van der Waals surface area contributed by atoms with Gasteiger partial charge in [0.1, 0.15) is 11.8 Å². The van der Waals surface area contributed by atoms with Crippen molar-refractivity contribution in [1.29, 1.82) is 5.26 Å². The van der Waals surface area contributed by atoms with Crippen LogP contribution in [0.3, 0.4) is 0 Å². The van der Waals surface area contributed by atoms with Gasteiger partial charge in [0.25, 0.3) is 0 Å². The van der Waals surface area contributed by atoms with Crippen LogP contribution in [0, 0.1) is 11.3 Å². The van der Waals surface area contributed by atoms with Crippen LogP contribution in [-0.2, 0) is 0 Å². The van der Waals surface area contributed by atoms with Crippen LogP contribution in [0.2, 0.25) is 0 Å². The normalized spacial score (nSPS) is 10.6. The average molecular weight is 197 g/mol. The summed E-state index contributed by atoms with van der Waals surface area (Å²) in [6.07, 6.45) is 4.05. The molecule has 0 saturated heterocycles. The summed E-state index contributed by atoms with van der Waals surface area (Å²) in [5.41, 5.74) is 0.815. The monoisotopic (exact) mass is 197 g/mol. The van der Waals surface area contributed by atoms with Gasteiger partial charge in [0.05, 0.1) is 17.0 Å². The molecule has 0 unspecified atom stereocenters. The van der Waals surface area contributed by atoms with Crippen LogP contribution in [0.4, 0.5) is 0 Å². The van der Waals surface area contributed by atoms with Crippen molar-refractivity contribution in [3.8, 4) is 6.07 Å².